The zero-order valence-electron chi connectivity index (χ0n) is 12.6. The molecule has 1 aromatic heterocycles. The highest BCUT2D eigenvalue weighted by molar-refractivity contribution is 9.10. The predicted molar refractivity (Wildman–Crippen MR) is 90.3 cm³/mol. The summed E-state index contributed by atoms with van der Waals surface area (Å²) in [6, 6.07) is 11.0. The van der Waals surface area contributed by atoms with E-state index in [4.69, 9.17) is 4.74 Å². The first kappa shape index (κ1) is 17.4. The van der Waals surface area contributed by atoms with E-state index in [-0.39, 0.29) is 5.92 Å². The van der Waals surface area contributed by atoms with Gasteiger partial charge in [0.25, 0.3) is 0 Å². The first-order valence-electron chi connectivity index (χ1n) is 7.13. The summed E-state index contributed by atoms with van der Waals surface area (Å²) in [5.74, 6) is 0.0466. The van der Waals surface area contributed by atoms with E-state index in [1.54, 1.807) is 6.20 Å². The Morgan fingerprint density at radius 2 is 2.04 bits per heavy atom. The monoisotopic (exact) mass is 380 g/mol. The average Bonchev–Trinajstić information content (AvgIpc) is 2.51. The molecule has 2 rings (SSSR count). The minimum atomic E-state index is -0.667. The van der Waals surface area contributed by atoms with Crippen molar-refractivity contribution in [2.45, 2.75) is 20.1 Å². The number of nitrogens with zero attached hydrogens (tertiary/aromatic N) is 2. The molecule has 23 heavy (non-hydrogen) atoms. The molecule has 7 heteroatoms. The van der Waals surface area contributed by atoms with Gasteiger partial charge in [0.05, 0.1) is 18.1 Å². The van der Waals surface area contributed by atoms with Crippen LogP contribution in [-0.4, -0.2) is 16.1 Å². The summed E-state index contributed by atoms with van der Waals surface area (Å²) in [5, 5.41) is 10.9. The summed E-state index contributed by atoms with van der Waals surface area (Å²) in [6.07, 6.45) is 1.56. The Morgan fingerprint density at radius 3 is 2.70 bits per heavy atom. The van der Waals surface area contributed by atoms with Crippen LogP contribution in [0.3, 0.4) is 0 Å². The zero-order chi connectivity index (χ0) is 16.8. The molecule has 0 N–H and O–H groups in total. The molecule has 0 spiro atoms. The van der Waals surface area contributed by atoms with Crippen molar-refractivity contribution in [2.75, 3.05) is 6.61 Å². The second-order valence-electron chi connectivity index (χ2n) is 5.36. The molecule has 2 aromatic rings. The highest BCUT2D eigenvalue weighted by Gasteiger charge is 2.17. The van der Waals surface area contributed by atoms with Gasteiger partial charge in [0.15, 0.2) is 0 Å². The maximum atomic E-state index is 12.1. The third kappa shape index (κ3) is 5.01. The average molecular weight is 381 g/mol. The molecule has 0 fully saturated rings. The van der Waals surface area contributed by atoms with Crippen molar-refractivity contribution in [1.82, 2.24) is 4.57 Å². The van der Waals surface area contributed by atoms with Gasteiger partial charge in [-0.15, -0.1) is 0 Å². The Balaban J connectivity index is 1.96. The van der Waals surface area contributed by atoms with Crippen LogP contribution in [0, 0.1) is 16.0 Å². The van der Waals surface area contributed by atoms with Crippen LogP contribution in [-0.2, 0) is 17.9 Å². The Labute approximate surface area is 142 Å². The fraction of sp³-hybridized carbons (Fsp3) is 0.312. The molecule has 0 amide bonds. The standard InChI is InChI=1S/C16H17BrN2O4/c1-12(10-23-11-13-5-3-2-4-6-13)8-18-9-14(17)7-15(16(18)20)19(21)22/h2-7,9,12H,8,10-11H2,1H3. The molecule has 1 unspecified atom stereocenters. The van der Waals surface area contributed by atoms with E-state index < -0.39 is 16.2 Å². The lowest BCUT2D eigenvalue weighted by Crippen LogP contribution is -2.26. The number of hydrogen-bond acceptors (Lipinski definition) is 4. The van der Waals surface area contributed by atoms with E-state index in [9.17, 15) is 14.9 Å². The number of rotatable bonds is 7. The molecular weight excluding hydrogens is 364 g/mol. The van der Waals surface area contributed by atoms with Crippen LogP contribution in [0.4, 0.5) is 5.69 Å². The van der Waals surface area contributed by atoms with Crippen molar-refractivity contribution in [3.05, 3.63) is 73.1 Å². The van der Waals surface area contributed by atoms with Crippen LogP contribution < -0.4 is 5.56 Å². The van der Waals surface area contributed by atoms with E-state index in [0.717, 1.165) is 5.56 Å². The Morgan fingerprint density at radius 1 is 1.35 bits per heavy atom. The summed E-state index contributed by atoms with van der Waals surface area (Å²) < 4.78 is 7.49. The second-order valence-corrected chi connectivity index (χ2v) is 6.28. The van der Waals surface area contributed by atoms with Crippen LogP contribution in [0.1, 0.15) is 12.5 Å². The number of aromatic nitrogens is 1. The predicted octanol–water partition coefficient (Wildman–Crippen LogP) is 3.37. The Hall–Kier alpha value is -1.99. The van der Waals surface area contributed by atoms with Gasteiger partial charge in [-0.2, -0.15) is 0 Å². The summed E-state index contributed by atoms with van der Waals surface area (Å²) in [5.41, 5.74) is 0.0415. The summed E-state index contributed by atoms with van der Waals surface area (Å²) in [6.45, 7) is 3.25. The van der Waals surface area contributed by atoms with Crippen molar-refractivity contribution < 1.29 is 9.66 Å². The van der Waals surface area contributed by atoms with Crippen LogP contribution in [0.2, 0.25) is 0 Å². The second kappa shape index (κ2) is 8.03. The van der Waals surface area contributed by atoms with Gasteiger partial charge in [0, 0.05) is 23.3 Å². The SMILES string of the molecule is CC(COCc1ccccc1)Cn1cc(Br)cc([N+](=O)[O-])c1=O. The number of ether oxygens (including phenoxy) is 1. The van der Waals surface area contributed by atoms with Crippen LogP contribution in [0.15, 0.2) is 51.9 Å². The molecule has 1 aromatic carbocycles. The maximum Gasteiger partial charge on any atom is 0.335 e. The van der Waals surface area contributed by atoms with Crippen molar-refractivity contribution in [3.63, 3.8) is 0 Å². The number of halogens is 1. The van der Waals surface area contributed by atoms with Gasteiger partial charge >= 0.3 is 11.2 Å². The summed E-state index contributed by atoms with van der Waals surface area (Å²) >= 11 is 3.19. The number of nitro groups is 1. The van der Waals surface area contributed by atoms with Crippen molar-refractivity contribution in [3.8, 4) is 0 Å². The quantitative estimate of drug-likeness (QED) is 0.545. The van der Waals surface area contributed by atoms with Gasteiger partial charge in [-0.25, -0.2) is 0 Å². The van der Waals surface area contributed by atoms with Gasteiger partial charge in [-0.1, -0.05) is 37.3 Å². The summed E-state index contributed by atoms with van der Waals surface area (Å²) in [4.78, 5) is 22.3. The number of pyridine rings is 1. The fourth-order valence-corrected chi connectivity index (χ4v) is 2.66. The van der Waals surface area contributed by atoms with Crippen molar-refractivity contribution in [1.29, 1.82) is 0 Å². The minimum Gasteiger partial charge on any atom is -0.376 e. The number of hydrogen-bond donors (Lipinski definition) is 0. The van der Waals surface area contributed by atoms with Crippen molar-refractivity contribution >= 4 is 21.6 Å². The third-order valence-electron chi connectivity index (χ3n) is 3.25. The lowest BCUT2D eigenvalue weighted by Gasteiger charge is -2.14. The van der Waals surface area contributed by atoms with E-state index in [1.807, 2.05) is 37.3 Å². The molecule has 0 aliphatic carbocycles. The molecule has 122 valence electrons. The first-order chi connectivity index (χ1) is 11.0. The molecule has 0 saturated heterocycles. The van der Waals surface area contributed by atoms with E-state index in [0.29, 0.717) is 24.2 Å². The van der Waals surface area contributed by atoms with Gasteiger partial charge in [-0.3, -0.25) is 14.9 Å². The first-order valence-corrected chi connectivity index (χ1v) is 7.92. The molecule has 0 aliphatic rings. The van der Waals surface area contributed by atoms with Gasteiger partial charge in [0.2, 0.25) is 0 Å². The van der Waals surface area contributed by atoms with E-state index in [2.05, 4.69) is 15.9 Å². The molecule has 1 atom stereocenters. The van der Waals surface area contributed by atoms with E-state index in [1.165, 1.54) is 10.6 Å². The molecule has 0 bridgehead atoms. The molecule has 1 heterocycles. The lowest BCUT2D eigenvalue weighted by atomic mass is 10.2. The largest absolute Gasteiger partial charge is 0.376 e. The molecule has 0 aliphatic heterocycles. The lowest BCUT2D eigenvalue weighted by molar-refractivity contribution is -0.386. The minimum absolute atomic E-state index is 0.0466. The van der Waals surface area contributed by atoms with Crippen LogP contribution in [0.5, 0.6) is 0 Å². The highest BCUT2D eigenvalue weighted by Crippen LogP contribution is 2.15. The number of benzene rings is 1. The van der Waals surface area contributed by atoms with Gasteiger partial charge in [-0.05, 0) is 27.4 Å². The smallest absolute Gasteiger partial charge is 0.335 e. The highest BCUT2D eigenvalue weighted by atomic mass is 79.9. The van der Waals surface area contributed by atoms with Gasteiger partial charge < -0.3 is 9.30 Å². The molecule has 0 radical (unpaired) electrons. The molecule has 0 saturated carbocycles. The maximum absolute atomic E-state index is 12.1. The van der Waals surface area contributed by atoms with Gasteiger partial charge in [0.1, 0.15) is 0 Å². The Kier molecular flexibility index (Phi) is 6.06. The van der Waals surface area contributed by atoms with Crippen molar-refractivity contribution in [2.24, 2.45) is 5.92 Å². The van der Waals surface area contributed by atoms with Crippen LogP contribution >= 0.6 is 15.9 Å². The Bertz CT molecular complexity index is 731. The topological polar surface area (TPSA) is 74.4 Å². The van der Waals surface area contributed by atoms with Crippen LogP contribution in [0.25, 0.3) is 0 Å². The molecular formula is C16H17BrN2O4. The summed E-state index contributed by atoms with van der Waals surface area (Å²) in [7, 11) is 0. The third-order valence-corrected chi connectivity index (χ3v) is 3.69. The molecule has 6 nitrogen and oxygen atoms in total. The normalized spacial score (nSPS) is 12.1. The fourth-order valence-electron chi connectivity index (χ4n) is 2.19. The zero-order valence-corrected chi connectivity index (χ0v) is 14.2. The van der Waals surface area contributed by atoms with E-state index >= 15 is 0 Å².